The molecule has 1 aromatic rings. The number of alkyl halides is 3. The first kappa shape index (κ1) is 19.2. The highest BCUT2D eigenvalue weighted by Crippen LogP contribution is 2.35. The van der Waals surface area contributed by atoms with Crippen LogP contribution in [-0.2, 0) is 15.8 Å². The fourth-order valence-electron chi connectivity index (χ4n) is 3.66. The number of rotatable bonds is 3. The Morgan fingerprint density at radius 2 is 1.74 bits per heavy atom. The number of halogens is 3. The van der Waals surface area contributed by atoms with Crippen LogP contribution in [0.1, 0.15) is 44.1 Å². The fourth-order valence-corrected chi connectivity index (χ4v) is 3.66. The first-order valence-electron chi connectivity index (χ1n) is 8.83. The minimum atomic E-state index is -4.63. The van der Waals surface area contributed by atoms with E-state index in [9.17, 15) is 27.6 Å². The van der Waals surface area contributed by atoms with E-state index in [1.807, 2.05) is 0 Å². The van der Waals surface area contributed by atoms with Crippen molar-refractivity contribution in [2.45, 2.75) is 50.2 Å². The zero-order valence-electron chi connectivity index (χ0n) is 14.6. The van der Waals surface area contributed by atoms with Gasteiger partial charge in [-0.2, -0.15) is 13.2 Å². The van der Waals surface area contributed by atoms with E-state index in [0.29, 0.717) is 12.8 Å². The van der Waals surface area contributed by atoms with Crippen molar-refractivity contribution in [2.24, 2.45) is 0 Å². The molecule has 27 heavy (non-hydrogen) atoms. The molecule has 2 fully saturated rings. The van der Waals surface area contributed by atoms with Gasteiger partial charge in [0.2, 0.25) is 5.91 Å². The second kappa shape index (κ2) is 7.21. The number of nitrogens with zero attached hydrogens (tertiary/aromatic N) is 1. The largest absolute Gasteiger partial charge is 0.418 e. The highest BCUT2D eigenvalue weighted by Gasteiger charge is 2.51. The molecule has 1 aromatic carbocycles. The van der Waals surface area contributed by atoms with Crippen LogP contribution in [0.15, 0.2) is 24.3 Å². The molecule has 6 nitrogen and oxygen atoms in total. The Morgan fingerprint density at radius 1 is 1.11 bits per heavy atom. The van der Waals surface area contributed by atoms with Gasteiger partial charge in [-0.3, -0.25) is 14.5 Å². The molecule has 1 aliphatic carbocycles. The Labute approximate surface area is 154 Å². The SMILES string of the molecule is O=C(CN1C(=O)NC2(CCCCCC2)C1=O)Nc1ccccc1C(F)(F)F. The van der Waals surface area contributed by atoms with Gasteiger partial charge in [0.1, 0.15) is 12.1 Å². The minimum Gasteiger partial charge on any atom is -0.324 e. The maximum atomic E-state index is 13.0. The topological polar surface area (TPSA) is 78.5 Å². The van der Waals surface area contributed by atoms with Crippen molar-refractivity contribution in [3.05, 3.63) is 29.8 Å². The molecule has 1 saturated carbocycles. The molecule has 0 unspecified atom stereocenters. The van der Waals surface area contributed by atoms with Gasteiger partial charge in [0, 0.05) is 0 Å². The summed E-state index contributed by atoms with van der Waals surface area (Å²) in [5, 5.41) is 4.85. The molecule has 0 atom stereocenters. The normalized spacial score (nSPS) is 19.7. The average molecular weight is 383 g/mol. The molecule has 1 aliphatic heterocycles. The van der Waals surface area contributed by atoms with Crippen LogP contribution >= 0.6 is 0 Å². The number of anilines is 1. The number of hydrogen-bond acceptors (Lipinski definition) is 3. The third-order valence-corrected chi connectivity index (χ3v) is 5.01. The maximum absolute atomic E-state index is 13.0. The first-order valence-corrected chi connectivity index (χ1v) is 8.83. The molecular formula is C18H20F3N3O3. The molecule has 2 aliphatic rings. The van der Waals surface area contributed by atoms with Crippen molar-refractivity contribution >= 4 is 23.5 Å². The zero-order chi connectivity index (χ0) is 19.7. The van der Waals surface area contributed by atoms with E-state index in [1.165, 1.54) is 12.1 Å². The van der Waals surface area contributed by atoms with Gasteiger partial charge in [0.25, 0.3) is 5.91 Å². The highest BCUT2D eigenvalue weighted by molar-refractivity contribution is 6.10. The van der Waals surface area contributed by atoms with E-state index in [1.54, 1.807) is 0 Å². The summed E-state index contributed by atoms with van der Waals surface area (Å²) in [6.07, 6.45) is -0.0798. The summed E-state index contributed by atoms with van der Waals surface area (Å²) in [4.78, 5) is 38.0. The van der Waals surface area contributed by atoms with Crippen LogP contribution in [0.5, 0.6) is 0 Å². The Bertz CT molecular complexity index is 756. The lowest BCUT2D eigenvalue weighted by Gasteiger charge is -2.24. The Morgan fingerprint density at radius 3 is 2.37 bits per heavy atom. The van der Waals surface area contributed by atoms with Gasteiger partial charge in [-0.15, -0.1) is 0 Å². The summed E-state index contributed by atoms with van der Waals surface area (Å²) in [5.74, 6) is -1.34. The monoisotopic (exact) mass is 383 g/mol. The number of amides is 4. The number of carbonyl (C=O) groups is 3. The van der Waals surface area contributed by atoms with E-state index in [2.05, 4.69) is 10.6 Å². The van der Waals surface area contributed by atoms with Gasteiger partial charge < -0.3 is 10.6 Å². The number of imide groups is 1. The second-order valence-electron chi connectivity index (χ2n) is 6.91. The van der Waals surface area contributed by atoms with Crippen LogP contribution in [0.25, 0.3) is 0 Å². The van der Waals surface area contributed by atoms with Crippen molar-refractivity contribution in [3.63, 3.8) is 0 Å². The number of urea groups is 1. The highest BCUT2D eigenvalue weighted by atomic mass is 19.4. The van der Waals surface area contributed by atoms with Crippen LogP contribution in [0.4, 0.5) is 23.7 Å². The molecule has 0 radical (unpaired) electrons. The van der Waals surface area contributed by atoms with Gasteiger partial charge >= 0.3 is 12.2 Å². The number of nitrogens with one attached hydrogen (secondary N) is 2. The predicted octanol–water partition coefficient (Wildman–Crippen LogP) is 3.29. The molecule has 4 amide bonds. The molecule has 1 spiro atoms. The number of benzene rings is 1. The van der Waals surface area contributed by atoms with Crippen molar-refractivity contribution in [1.29, 1.82) is 0 Å². The first-order chi connectivity index (χ1) is 12.7. The predicted molar refractivity (Wildman–Crippen MR) is 90.8 cm³/mol. The lowest BCUT2D eigenvalue weighted by atomic mass is 9.90. The summed E-state index contributed by atoms with van der Waals surface area (Å²) < 4.78 is 39.1. The molecule has 1 saturated heterocycles. The van der Waals surface area contributed by atoms with Crippen LogP contribution in [0, 0.1) is 0 Å². The van der Waals surface area contributed by atoms with Crippen LogP contribution in [-0.4, -0.2) is 34.8 Å². The van der Waals surface area contributed by atoms with Crippen molar-refractivity contribution in [2.75, 3.05) is 11.9 Å². The summed E-state index contributed by atoms with van der Waals surface area (Å²) in [6, 6.07) is 3.87. The van der Waals surface area contributed by atoms with E-state index >= 15 is 0 Å². The second-order valence-corrected chi connectivity index (χ2v) is 6.91. The van der Waals surface area contributed by atoms with Gasteiger partial charge in [0.15, 0.2) is 0 Å². The van der Waals surface area contributed by atoms with Gasteiger partial charge in [-0.25, -0.2) is 4.79 Å². The average Bonchev–Trinajstić information content (AvgIpc) is 2.77. The lowest BCUT2D eigenvalue weighted by Crippen LogP contribution is -2.47. The molecule has 146 valence electrons. The fraction of sp³-hybridized carbons (Fsp3) is 0.500. The quantitative estimate of drug-likeness (QED) is 0.787. The Hall–Kier alpha value is -2.58. The smallest absolute Gasteiger partial charge is 0.324 e. The van der Waals surface area contributed by atoms with Gasteiger partial charge in [0.05, 0.1) is 11.3 Å². The van der Waals surface area contributed by atoms with E-state index < -0.39 is 47.4 Å². The van der Waals surface area contributed by atoms with Crippen LogP contribution in [0.3, 0.4) is 0 Å². The van der Waals surface area contributed by atoms with Gasteiger partial charge in [-0.1, -0.05) is 37.8 Å². The molecule has 0 aromatic heterocycles. The molecule has 1 heterocycles. The van der Waals surface area contributed by atoms with E-state index in [4.69, 9.17) is 0 Å². The third kappa shape index (κ3) is 3.91. The maximum Gasteiger partial charge on any atom is 0.418 e. The number of para-hydroxylation sites is 1. The summed E-state index contributed by atoms with van der Waals surface area (Å²) >= 11 is 0. The number of hydrogen-bond donors (Lipinski definition) is 2. The van der Waals surface area contributed by atoms with E-state index in [-0.39, 0.29) is 0 Å². The van der Waals surface area contributed by atoms with Crippen molar-refractivity contribution < 1.29 is 27.6 Å². The Balaban J connectivity index is 1.72. The molecule has 3 rings (SSSR count). The van der Waals surface area contributed by atoms with E-state index in [0.717, 1.165) is 42.7 Å². The van der Waals surface area contributed by atoms with Crippen LogP contribution in [0.2, 0.25) is 0 Å². The number of carbonyl (C=O) groups excluding carboxylic acids is 3. The summed E-state index contributed by atoms with van der Waals surface area (Å²) in [5.41, 5.74) is -2.39. The molecule has 9 heteroatoms. The van der Waals surface area contributed by atoms with Crippen LogP contribution < -0.4 is 10.6 Å². The van der Waals surface area contributed by atoms with Crippen molar-refractivity contribution in [3.8, 4) is 0 Å². The molecule has 2 N–H and O–H groups in total. The zero-order valence-corrected chi connectivity index (χ0v) is 14.6. The van der Waals surface area contributed by atoms with Crippen molar-refractivity contribution in [1.82, 2.24) is 10.2 Å². The lowest BCUT2D eigenvalue weighted by molar-refractivity contribution is -0.137. The minimum absolute atomic E-state index is 0.411. The molecular weight excluding hydrogens is 363 g/mol. The standard InChI is InChI=1S/C18H20F3N3O3/c19-18(20,21)12-7-3-4-8-13(12)22-14(25)11-24-15(26)17(23-16(24)27)9-5-1-2-6-10-17/h3-4,7-8H,1-2,5-6,9-11H2,(H,22,25)(H,23,27). The summed E-state index contributed by atoms with van der Waals surface area (Å²) in [6.45, 7) is -0.626. The summed E-state index contributed by atoms with van der Waals surface area (Å²) in [7, 11) is 0. The third-order valence-electron chi connectivity index (χ3n) is 5.01. The molecule has 0 bridgehead atoms. The van der Waals surface area contributed by atoms with Gasteiger partial charge in [-0.05, 0) is 25.0 Å². The Kier molecular flexibility index (Phi) is 5.12.